The van der Waals surface area contributed by atoms with Crippen molar-refractivity contribution in [3.63, 3.8) is 0 Å². The summed E-state index contributed by atoms with van der Waals surface area (Å²) in [4.78, 5) is 0.165. The maximum Gasteiger partial charge on any atom is 0.238 e. The van der Waals surface area contributed by atoms with Crippen LogP contribution in [-0.2, 0) is 23.0 Å². The molecule has 4 N–H and O–H groups in total. The van der Waals surface area contributed by atoms with Crippen LogP contribution in [0.1, 0.15) is 11.1 Å². The minimum atomic E-state index is -3.58. The Kier molecular flexibility index (Phi) is 4.71. The molecule has 0 spiro atoms. The van der Waals surface area contributed by atoms with E-state index in [9.17, 15) is 8.42 Å². The van der Waals surface area contributed by atoms with Crippen LogP contribution in [-0.4, -0.2) is 15.0 Å². The van der Waals surface area contributed by atoms with Gasteiger partial charge in [0.15, 0.2) is 0 Å². The molecular formula is C13H17N2O2S2+. The number of sulfonamides is 1. The zero-order chi connectivity index (χ0) is 13.7. The van der Waals surface area contributed by atoms with Gasteiger partial charge in [-0.25, -0.2) is 13.6 Å². The number of hydrogen-bond acceptors (Lipinski definition) is 3. The lowest BCUT2D eigenvalue weighted by atomic mass is 10.1. The van der Waals surface area contributed by atoms with Crippen molar-refractivity contribution in [3.05, 3.63) is 52.2 Å². The van der Waals surface area contributed by atoms with Crippen LogP contribution in [0.15, 0.2) is 46.0 Å². The first-order valence-corrected chi connectivity index (χ1v) is 8.49. The molecule has 0 fully saturated rings. The Hall–Kier alpha value is -1.21. The zero-order valence-electron chi connectivity index (χ0n) is 10.5. The van der Waals surface area contributed by atoms with Gasteiger partial charge in [0.25, 0.3) is 0 Å². The molecule has 1 aromatic carbocycles. The predicted molar refractivity (Wildman–Crippen MR) is 76.3 cm³/mol. The van der Waals surface area contributed by atoms with Gasteiger partial charge in [-0.15, -0.1) is 0 Å². The van der Waals surface area contributed by atoms with E-state index in [1.165, 1.54) is 5.56 Å². The summed E-state index contributed by atoms with van der Waals surface area (Å²) in [6.07, 6.45) is 0.912. The summed E-state index contributed by atoms with van der Waals surface area (Å²) >= 11 is 1.71. The lowest BCUT2D eigenvalue weighted by molar-refractivity contribution is -0.670. The zero-order valence-corrected chi connectivity index (χ0v) is 12.1. The van der Waals surface area contributed by atoms with Gasteiger partial charge in [0.05, 0.1) is 11.4 Å². The van der Waals surface area contributed by atoms with Crippen LogP contribution in [0.5, 0.6) is 0 Å². The van der Waals surface area contributed by atoms with Crippen molar-refractivity contribution in [1.82, 2.24) is 0 Å². The van der Waals surface area contributed by atoms with Gasteiger partial charge in [0, 0.05) is 12.0 Å². The van der Waals surface area contributed by atoms with E-state index in [0.29, 0.717) is 0 Å². The van der Waals surface area contributed by atoms with E-state index < -0.39 is 10.0 Å². The molecule has 4 nitrogen and oxygen atoms in total. The van der Waals surface area contributed by atoms with Crippen molar-refractivity contribution in [2.24, 2.45) is 5.14 Å². The minimum absolute atomic E-state index is 0.165. The van der Waals surface area contributed by atoms with Crippen molar-refractivity contribution in [2.45, 2.75) is 17.9 Å². The molecule has 1 aromatic heterocycles. The Balaban J connectivity index is 1.80. The first-order valence-electron chi connectivity index (χ1n) is 6.00. The molecule has 0 radical (unpaired) electrons. The van der Waals surface area contributed by atoms with Crippen LogP contribution >= 0.6 is 11.3 Å². The summed E-state index contributed by atoms with van der Waals surface area (Å²) in [5.41, 5.74) is 2.46. The van der Waals surface area contributed by atoms with E-state index in [4.69, 9.17) is 5.14 Å². The average molecular weight is 297 g/mol. The van der Waals surface area contributed by atoms with Crippen LogP contribution in [0, 0.1) is 0 Å². The van der Waals surface area contributed by atoms with Gasteiger partial charge in [0.2, 0.25) is 10.0 Å². The highest BCUT2D eigenvalue weighted by Gasteiger charge is 2.06. The molecule has 0 saturated carbocycles. The molecular weight excluding hydrogens is 280 g/mol. The molecule has 2 rings (SSSR count). The van der Waals surface area contributed by atoms with Gasteiger partial charge >= 0.3 is 0 Å². The average Bonchev–Trinajstić information content (AvgIpc) is 2.87. The van der Waals surface area contributed by atoms with Crippen LogP contribution in [0.2, 0.25) is 0 Å². The van der Waals surface area contributed by atoms with E-state index in [-0.39, 0.29) is 4.90 Å². The molecule has 0 aliphatic heterocycles. The highest BCUT2D eigenvalue weighted by molar-refractivity contribution is 7.89. The van der Waals surface area contributed by atoms with Crippen LogP contribution < -0.4 is 10.5 Å². The van der Waals surface area contributed by atoms with Gasteiger partial charge in [-0.1, -0.05) is 12.1 Å². The van der Waals surface area contributed by atoms with Gasteiger partial charge in [-0.05, 0) is 34.5 Å². The fraction of sp³-hybridized carbons (Fsp3) is 0.231. The Morgan fingerprint density at radius 2 is 1.84 bits per heavy atom. The number of nitrogens with two attached hydrogens (primary N) is 2. The second-order valence-electron chi connectivity index (χ2n) is 4.35. The SMILES string of the molecule is NS(=O)(=O)c1ccc(CC[NH2+]Cc2ccsc2)cc1. The largest absolute Gasteiger partial charge is 0.342 e. The fourth-order valence-corrected chi connectivity index (χ4v) is 2.99. The second-order valence-corrected chi connectivity index (χ2v) is 6.69. The molecule has 1 heterocycles. The number of thiophene rings is 1. The van der Waals surface area contributed by atoms with Crippen LogP contribution in [0.25, 0.3) is 0 Å². The summed E-state index contributed by atoms with van der Waals surface area (Å²) in [5, 5.41) is 11.5. The van der Waals surface area contributed by atoms with E-state index >= 15 is 0 Å². The molecule has 0 aliphatic rings. The maximum absolute atomic E-state index is 11.1. The molecule has 0 aliphatic carbocycles. The Labute approximate surface area is 117 Å². The lowest BCUT2D eigenvalue weighted by Gasteiger charge is -2.03. The predicted octanol–water partition coefficient (Wildman–Crippen LogP) is 0.702. The Morgan fingerprint density at radius 1 is 1.11 bits per heavy atom. The van der Waals surface area contributed by atoms with E-state index in [1.807, 2.05) is 12.1 Å². The molecule has 2 aromatic rings. The number of hydrogen-bond donors (Lipinski definition) is 2. The smallest absolute Gasteiger partial charge is 0.238 e. The summed E-state index contributed by atoms with van der Waals surface area (Å²) in [5.74, 6) is 0. The van der Waals surface area contributed by atoms with E-state index in [2.05, 4.69) is 22.1 Å². The first-order chi connectivity index (χ1) is 9.05. The third kappa shape index (κ3) is 4.43. The summed E-state index contributed by atoms with van der Waals surface area (Å²) in [7, 11) is -3.58. The summed E-state index contributed by atoms with van der Waals surface area (Å²) in [6, 6.07) is 8.88. The summed E-state index contributed by atoms with van der Waals surface area (Å²) < 4.78 is 22.2. The van der Waals surface area contributed by atoms with Crippen molar-refractivity contribution in [3.8, 4) is 0 Å². The molecule has 0 unspecified atom stereocenters. The number of quaternary nitrogens is 1. The van der Waals surface area contributed by atoms with Gasteiger partial charge in [0.1, 0.15) is 6.54 Å². The van der Waals surface area contributed by atoms with Crippen LogP contribution in [0.4, 0.5) is 0 Å². The molecule has 102 valence electrons. The quantitative estimate of drug-likeness (QED) is 0.770. The van der Waals surface area contributed by atoms with Crippen molar-refractivity contribution in [2.75, 3.05) is 6.54 Å². The van der Waals surface area contributed by atoms with Crippen molar-refractivity contribution in [1.29, 1.82) is 0 Å². The standard InChI is InChI=1S/C13H16N2O2S2/c14-19(16,17)13-3-1-11(2-4-13)5-7-15-9-12-6-8-18-10-12/h1-4,6,8,10,15H,5,7,9H2,(H2,14,16,17)/p+1. The third-order valence-electron chi connectivity index (χ3n) is 2.85. The molecule has 0 amide bonds. The number of rotatable bonds is 6. The van der Waals surface area contributed by atoms with Gasteiger partial charge < -0.3 is 5.32 Å². The Morgan fingerprint density at radius 3 is 2.42 bits per heavy atom. The maximum atomic E-state index is 11.1. The molecule has 0 bridgehead atoms. The monoisotopic (exact) mass is 297 g/mol. The molecule has 6 heteroatoms. The minimum Gasteiger partial charge on any atom is -0.342 e. The number of primary sulfonamides is 1. The molecule has 0 saturated heterocycles. The first kappa shape index (κ1) is 14.2. The summed E-state index contributed by atoms with van der Waals surface area (Å²) in [6.45, 7) is 1.96. The highest BCUT2D eigenvalue weighted by Crippen LogP contribution is 2.08. The highest BCUT2D eigenvalue weighted by atomic mass is 32.2. The van der Waals surface area contributed by atoms with Crippen molar-refractivity contribution < 1.29 is 13.7 Å². The van der Waals surface area contributed by atoms with E-state index in [0.717, 1.165) is 25.1 Å². The van der Waals surface area contributed by atoms with E-state index in [1.54, 1.807) is 23.5 Å². The third-order valence-corrected chi connectivity index (χ3v) is 4.51. The van der Waals surface area contributed by atoms with Gasteiger partial charge in [-0.3, -0.25) is 0 Å². The number of benzene rings is 1. The van der Waals surface area contributed by atoms with Crippen LogP contribution in [0.3, 0.4) is 0 Å². The normalized spacial score (nSPS) is 11.6. The Bertz CT molecular complexity index is 605. The van der Waals surface area contributed by atoms with Gasteiger partial charge in [-0.2, -0.15) is 11.3 Å². The topological polar surface area (TPSA) is 76.8 Å². The van der Waals surface area contributed by atoms with Crippen molar-refractivity contribution >= 4 is 21.4 Å². The fourth-order valence-electron chi connectivity index (χ4n) is 1.79. The molecule has 19 heavy (non-hydrogen) atoms. The molecule has 0 atom stereocenters. The second kappa shape index (κ2) is 6.29. The lowest BCUT2D eigenvalue weighted by Crippen LogP contribution is -2.83.